The summed E-state index contributed by atoms with van der Waals surface area (Å²) in [5, 5.41) is 4.51. The van der Waals surface area contributed by atoms with Crippen molar-refractivity contribution in [2.45, 2.75) is 27.2 Å². The van der Waals surface area contributed by atoms with Crippen LogP contribution in [0.15, 0.2) is 30.5 Å². The number of hydrogen-bond donors (Lipinski definition) is 0. The van der Waals surface area contributed by atoms with E-state index < -0.39 is 0 Å². The quantitative estimate of drug-likeness (QED) is 0.728. The normalized spacial score (nSPS) is 10.6. The zero-order chi connectivity index (χ0) is 10.8. The number of hydrogen-bond acceptors (Lipinski definition) is 1. The Morgan fingerprint density at radius 2 is 2.00 bits per heavy atom. The fourth-order valence-corrected chi connectivity index (χ4v) is 1.75. The van der Waals surface area contributed by atoms with Gasteiger partial charge < -0.3 is 0 Å². The van der Waals surface area contributed by atoms with E-state index >= 15 is 0 Å². The van der Waals surface area contributed by atoms with Gasteiger partial charge in [-0.05, 0) is 38.0 Å². The Labute approximate surface area is 90.6 Å². The number of benzene rings is 1. The van der Waals surface area contributed by atoms with Crippen LogP contribution in [0.25, 0.3) is 5.69 Å². The summed E-state index contributed by atoms with van der Waals surface area (Å²) < 4.78 is 1.95. The van der Waals surface area contributed by atoms with E-state index in [1.807, 2.05) is 10.9 Å². The van der Waals surface area contributed by atoms with E-state index in [1.165, 1.54) is 16.8 Å². The van der Waals surface area contributed by atoms with E-state index in [1.54, 1.807) is 0 Å². The van der Waals surface area contributed by atoms with Crippen LogP contribution in [-0.4, -0.2) is 9.78 Å². The summed E-state index contributed by atoms with van der Waals surface area (Å²) in [6.07, 6.45) is 3.01. The Bertz CT molecular complexity index is 469. The summed E-state index contributed by atoms with van der Waals surface area (Å²) in [5.74, 6) is 0. The first-order chi connectivity index (χ1) is 7.20. The molecule has 0 N–H and O–H groups in total. The summed E-state index contributed by atoms with van der Waals surface area (Å²) in [5.41, 5.74) is 4.86. The molecule has 15 heavy (non-hydrogen) atoms. The molecule has 2 rings (SSSR count). The summed E-state index contributed by atoms with van der Waals surface area (Å²) in [6, 6.07) is 8.49. The third-order valence-corrected chi connectivity index (χ3v) is 2.61. The monoisotopic (exact) mass is 200 g/mol. The molecular weight excluding hydrogens is 184 g/mol. The van der Waals surface area contributed by atoms with E-state index in [-0.39, 0.29) is 0 Å². The molecule has 1 heterocycles. The molecule has 0 saturated heterocycles. The highest BCUT2D eigenvalue weighted by molar-refractivity contribution is 5.41. The lowest BCUT2D eigenvalue weighted by molar-refractivity contribution is 0.835. The Morgan fingerprint density at radius 3 is 2.60 bits per heavy atom. The predicted molar refractivity (Wildman–Crippen MR) is 62.4 cm³/mol. The lowest BCUT2D eigenvalue weighted by Gasteiger charge is -2.06. The first-order valence-corrected chi connectivity index (χ1v) is 5.33. The number of aromatic nitrogens is 2. The van der Waals surface area contributed by atoms with Crippen molar-refractivity contribution in [2.75, 3.05) is 0 Å². The Kier molecular flexibility index (Phi) is 2.58. The molecule has 0 atom stereocenters. The highest BCUT2D eigenvalue weighted by atomic mass is 15.3. The average Bonchev–Trinajstić information content (AvgIpc) is 2.66. The minimum atomic E-state index is 0.984. The van der Waals surface area contributed by atoms with Crippen LogP contribution < -0.4 is 0 Å². The third-order valence-electron chi connectivity index (χ3n) is 2.61. The third kappa shape index (κ3) is 1.94. The molecule has 0 aliphatic rings. The van der Waals surface area contributed by atoms with Crippen LogP contribution in [0.2, 0.25) is 0 Å². The topological polar surface area (TPSA) is 17.8 Å². The van der Waals surface area contributed by atoms with Gasteiger partial charge in [0, 0.05) is 6.20 Å². The Balaban J connectivity index is 2.44. The van der Waals surface area contributed by atoms with Crippen molar-refractivity contribution in [1.29, 1.82) is 0 Å². The van der Waals surface area contributed by atoms with Gasteiger partial charge in [-0.15, -0.1) is 0 Å². The van der Waals surface area contributed by atoms with Crippen molar-refractivity contribution >= 4 is 0 Å². The van der Waals surface area contributed by atoms with Crippen molar-refractivity contribution < 1.29 is 0 Å². The molecular formula is C13H16N2. The maximum absolute atomic E-state index is 4.51. The van der Waals surface area contributed by atoms with Crippen LogP contribution in [0.1, 0.15) is 23.7 Å². The second-order valence-electron chi connectivity index (χ2n) is 3.90. The largest absolute Gasteiger partial charge is 0.240 e. The summed E-state index contributed by atoms with van der Waals surface area (Å²) in [4.78, 5) is 0. The van der Waals surface area contributed by atoms with E-state index in [0.29, 0.717) is 0 Å². The molecule has 2 aromatic rings. The van der Waals surface area contributed by atoms with Crippen LogP contribution in [0.3, 0.4) is 0 Å². The predicted octanol–water partition coefficient (Wildman–Crippen LogP) is 3.05. The van der Waals surface area contributed by atoms with Crippen LogP contribution >= 0.6 is 0 Å². The second kappa shape index (κ2) is 3.89. The second-order valence-corrected chi connectivity index (χ2v) is 3.90. The fourth-order valence-electron chi connectivity index (χ4n) is 1.75. The molecule has 0 aliphatic heterocycles. The summed E-state index contributed by atoms with van der Waals surface area (Å²) >= 11 is 0. The van der Waals surface area contributed by atoms with Gasteiger partial charge >= 0.3 is 0 Å². The average molecular weight is 200 g/mol. The SMILES string of the molecule is CCc1ccn(-c2ccc(C)cc2C)n1. The first-order valence-electron chi connectivity index (χ1n) is 5.33. The highest BCUT2D eigenvalue weighted by Gasteiger charge is 2.02. The molecule has 0 unspecified atom stereocenters. The van der Waals surface area contributed by atoms with Gasteiger partial charge in [-0.1, -0.05) is 24.6 Å². The minimum Gasteiger partial charge on any atom is -0.240 e. The van der Waals surface area contributed by atoms with Crippen molar-refractivity contribution in [3.05, 3.63) is 47.3 Å². The van der Waals surface area contributed by atoms with E-state index in [4.69, 9.17) is 0 Å². The molecule has 0 aliphatic carbocycles. The van der Waals surface area contributed by atoms with Gasteiger partial charge in [0.15, 0.2) is 0 Å². The van der Waals surface area contributed by atoms with Gasteiger partial charge in [-0.2, -0.15) is 5.10 Å². The first kappa shape index (κ1) is 9.97. The van der Waals surface area contributed by atoms with Crippen LogP contribution in [-0.2, 0) is 6.42 Å². The molecule has 0 amide bonds. The smallest absolute Gasteiger partial charge is 0.0674 e. The van der Waals surface area contributed by atoms with Gasteiger partial charge in [0.1, 0.15) is 0 Å². The van der Waals surface area contributed by atoms with Crippen LogP contribution in [0.4, 0.5) is 0 Å². The van der Waals surface area contributed by atoms with E-state index in [0.717, 1.165) is 12.1 Å². The van der Waals surface area contributed by atoms with Gasteiger partial charge in [-0.25, -0.2) is 4.68 Å². The van der Waals surface area contributed by atoms with Crippen LogP contribution in [0, 0.1) is 13.8 Å². The number of nitrogens with zero attached hydrogens (tertiary/aromatic N) is 2. The minimum absolute atomic E-state index is 0.984. The lowest BCUT2D eigenvalue weighted by atomic mass is 10.1. The number of aryl methyl sites for hydroxylation is 3. The fraction of sp³-hybridized carbons (Fsp3) is 0.308. The Morgan fingerprint density at radius 1 is 1.20 bits per heavy atom. The van der Waals surface area contributed by atoms with Gasteiger partial charge in [-0.3, -0.25) is 0 Å². The molecule has 0 saturated carbocycles. The lowest BCUT2D eigenvalue weighted by Crippen LogP contribution is -1.98. The van der Waals surface area contributed by atoms with Gasteiger partial charge in [0.05, 0.1) is 11.4 Å². The summed E-state index contributed by atoms with van der Waals surface area (Å²) in [7, 11) is 0. The van der Waals surface area contributed by atoms with E-state index in [2.05, 4.69) is 50.1 Å². The molecule has 0 bridgehead atoms. The van der Waals surface area contributed by atoms with E-state index in [9.17, 15) is 0 Å². The molecule has 1 aromatic carbocycles. The van der Waals surface area contributed by atoms with Crippen LogP contribution in [0.5, 0.6) is 0 Å². The highest BCUT2D eigenvalue weighted by Crippen LogP contribution is 2.15. The standard InChI is InChI=1S/C13H16N2/c1-4-12-7-8-15(14-12)13-6-5-10(2)9-11(13)3/h5-9H,4H2,1-3H3. The molecule has 0 spiro atoms. The summed E-state index contributed by atoms with van der Waals surface area (Å²) in [6.45, 7) is 6.35. The van der Waals surface area contributed by atoms with Gasteiger partial charge in [0.25, 0.3) is 0 Å². The zero-order valence-electron chi connectivity index (χ0n) is 9.49. The van der Waals surface area contributed by atoms with Gasteiger partial charge in [0.2, 0.25) is 0 Å². The molecule has 1 aromatic heterocycles. The number of rotatable bonds is 2. The Hall–Kier alpha value is -1.57. The van der Waals surface area contributed by atoms with Crippen molar-refractivity contribution in [1.82, 2.24) is 9.78 Å². The molecule has 78 valence electrons. The van der Waals surface area contributed by atoms with Crippen molar-refractivity contribution in [2.24, 2.45) is 0 Å². The molecule has 2 heteroatoms. The molecule has 2 nitrogen and oxygen atoms in total. The van der Waals surface area contributed by atoms with Crippen molar-refractivity contribution in [3.8, 4) is 5.69 Å². The molecule has 0 fully saturated rings. The van der Waals surface area contributed by atoms with Crippen molar-refractivity contribution in [3.63, 3.8) is 0 Å². The maximum Gasteiger partial charge on any atom is 0.0674 e. The molecule has 0 radical (unpaired) electrons. The maximum atomic E-state index is 4.51. The zero-order valence-corrected chi connectivity index (χ0v) is 9.49.